The van der Waals surface area contributed by atoms with E-state index >= 15 is 0 Å². The molecule has 3 amide bonds. The number of halogens is 1. The van der Waals surface area contributed by atoms with Gasteiger partial charge in [-0.15, -0.1) is 0 Å². The van der Waals surface area contributed by atoms with Crippen molar-refractivity contribution in [3.05, 3.63) is 75.6 Å². The van der Waals surface area contributed by atoms with Gasteiger partial charge in [0.2, 0.25) is 5.91 Å². The largest absolute Gasteiger partial charge is 0.489 e. The summed E-state index contributed by atoms with van der Waals surface area (Å²) < 4.78 is 7.85. The molecule has 0 bridgehead atoms. The highest BCUT2D eigenvalue weighted by Gasteiger charge is 2.42. The number of hydrogen-bond donors (Lipinski definition) is 0. The molecule has 3 aromatic rings. The minimum absolute atomic E-state index is 0.0563. The normalized spacial score (nSPS) is 20.4. The number of benzene rings is 2. The Morgan fingerprint density at radius 3 is 2.60 bits per heavy atom. The zero-order valence-corrected chi connectivity index (χ0v) is 23.1. The number of likely N-dealkylation sites (N-methyl/N-ethyl adjacent to an activating group) is 1. The molecule has 7 rings (SSSR count). The van der Waals surface area contributed by atoms with Crippen molar-refractivity contribution in [3.8, 4) is 5.75 Å². The number of anilines is 1. The molecule has 0 N–H and O–H groups in total. The van der Waals surface area contributed by atoms with Gasteiger partial charge in [-0.05, 0) is 48.4 Å². The van der Waals surface area contributed by atoms with E-state index in [0.717, 1.165) is 40.8 Å². The fourth-order valence-corrected chi connectivity index (χ4v) is 6.45. The van der Waals surface area contributed by atoms with Crippen molar-refractivity contribution in [2.45, 2.75) is 44.8 Å². The predicted octanol–water partition coefficient (Wildman–Crippen LogP) is 3.30. The number of carbonyl (C=O) groups is 3. The summed E-state index contributed by atoms with van der Waals surface area (Å²) in [5.41, 5.74) is 4.86. The van der Waals surface area contributed by atoms with Gasteiger partial charge < -0.3 is 19.4 Å². The number of ether oxygens (including phenoxy) is 1. The summed E-state index contributed by atoms with van der Waals surface area (Å²) in [6, 6.07) is 12.9. The third-order valence-electron chi connectivity index (χ3n) is 8.52. The van der Waals surface area contributed by atoms with E-state index in [4.69, 9.17) is 16.3 Å². The monoisotopic (exact) mass is 559 g/mol. The van der Waals surface area contributed by atoms with Crippen LogP contribution in [-0.2, 0) is 35.5 Å². The SMILES string of the molecule is CN1C(=O)[C@@H](N2CCc3c(nn(Cc4ccccc4)c3Cl)C2=O)COc2ccc3c(c21)CCN(C(=O)C1CC1)C3. The second-order valence-corrected chi connectivity index (χ2v) is 11.4. The van der Waals surface area contributed by atoms with Crippen LogP contribution in [-0.4, -0.2) is 70.1 Å². The van der Waals surface area contributed by atoms with Crippen LogP contribution < -0.4 is 9.64 Å². The number of aromatic nitrogens is 2. The molecule has 0 radical (unpaired) electrons. The van der Waals surface area contributed by atoms with Crippen molar-refractivity contribution in [2.75, 3.05) is 31.6 Å². The molecule has 1 aromatic heterocycles. The standard InChI is InChI=1S/C30H30ClN5O4/c1-33-26-21-11-13-34(28(37)19-7-8-19)16-20(21)9-10-24(26)40-17-23(29(33)38)35-14-12-22-25(30(35)39)32-36(27(22)31)15-18-5-3-2-4-6-18/h2-6,9-10,19,23H,7-8,11-17H2,1H3/t23-/m0/s1. The molecule has 0 saturated heterocycles. The van der Waals surface area contributed by atoms with Crippen molar-refractivity contribution in [1.82, 2.24) is 19.6 Å². The van der Waals surface area contributed by atoms with Crippen LogP contribution in [0.1, 0.15) is 45.6 Å². The lowest BCUT2D eigenvalue weighted by Gasteiger charge is -2.34. The molecule has 9 nitrogen and oxygen atoms in total. The van der Waals surface area contributed by atoms with Crippen LogP contribution >= 0.6 is 11.6 Å². The zero-order chi connectivity index (χ0) is 27.5. The summed E-state index contributed by atoms with van der Waals surface area (Å²) in [6.45, 7) is 2.04. The van der Waals surface area contributed by atoms with Gasteiger partial charge >= 0.3 is 0 Å². The highest BCUT2D eigenvalue weighted by atomic mass is 35.5. The molecule has 1 atom stereocenters. The fraction of sp³-hybridized carbons (Fsp3) is 0.400. The van der Waals surface area contributed by atoms with Gasteiger partial charge in [0.05, 0.1) is 12.2 Å². The van der Waals surface area contributed by atoms with Gasteiger partial charge in [0.25, 0.3) is 11.8 Å². The Balaban J connectivity index is 1.13. The van der Waals surface area contributed by atoms with E-state index < -0.39 is 6.04 Å². The lowest BCUT2D eigenvalue weighted by molar-refractivity contribution is -0.133. The maximum absolute atomic E-state index is 13.9. The maximum atomic E-state index is 13.9. The molecular formula is C30H30ClN5O4. The predicted molar refractivity (Wildman–Crippen MR) is 149 cm³/mol. The Bertz CT molecular complexity index is 1530. The molecule has 40 heavy (non-hydrogen) atoms. The molecule has 1 fully saturated rings. The number of amides is 3. The molecule has 1 saturated carbocycles. The molecule has 206 valence electrons. The fourth-order valence-electron chi connectivity index (χ4n) is 6.17. The van der Waals surface area contributed by atoms with Crippen LogP contribution in [0.2, 0.25) is 5.15 Å². The van der Waals surface area contributed by atoms with Crippen LogP contribution in [0, 0.1) is 5.92 Å². The van der Waals surface area contributed by atoms with E-state index in [9.17, 15) is 14.4 Å². The molecule has 4 aliphatic rings. The first-order valence-corrected chi connectivity index (χ1v) is 14.2. The number of nitrogens with zero attached hydrogens (tertiary/aromatic N) is 5. The Kier molecular flexibility index (Phi) is 6.07. The first-order chi connectivity index (χ1) is 19.4. The van der Waals surface area contributed by atoms with E-state index in [1.165, 1.54) is 0 Å². The molecule has 0 unspecified atom stereocenters. The minimum atomic E-state index is -0.789. The van der Waals surface area contributed by atoms with Crippen molar-refractivity contribution in [3.63, 3.8) is 0 Å². The van der Waals surface area contributed by atoms with Gasteiger partial charge in [-0.25, -0.2) is 4.68 Å². The van der Waals surface area contributed by atoms with E-state index in [1.54, 1.807) is 21.5 Å². The summed E-state index contributed by atoms with van der Waals surface area (Å²) in [5, 5.41) is 5.03. The van der Waals surface area contributed by atoms with Crippen molar-refractivity contribution in [2.24, 2.45) is 5.92 Å². The van der Waals surface area contributed by atoms with Crippen LogP contribution in [0.4, 0.5) is 5.69 Å². The lowest BCUT2D eigenvalue weighted by Crippen LogP contribution is -2.54. The Morgan fingerprint density at radius 2 is 1.82 bits per heavy atom. The van der Waals surface area contributed by atoms with Crippen LogP contribution in [0.3, 0.4) is 0 Å². The minimum Gasteiger partial charge on any atom is -0.489 e. The second-order valence-electron chi connectivity index (χ2n) is 11.1. The second kappa shape index (κ2) is 9.66. The van der Waals surface area contributed by atoms with Crippen molar-refractivity contribution < 1.29 is 19.1 Å². The smallest absolute Gasteiger partial charge is 0.275 e. The lowest BCUT2D eigenvalue weighted by atomic mass is 9.96. The molecule has 4 heterocycles. The summed E-state index contributed by atoms with van der Waals surface area (Å²) in [5.74, 6) is 0.524. The van der Waals surface area contributed by atoms with E-state index in [1.807, 2.05) is 47.4 Å². The van der Waals surface area contributed by atoms with Gasteiger partial charge in [-0.3, -0.25) is 14.4 Å². The van der Waals surface area contributed by atoms with Crippen LogP contribution in [0.25, 0.3) is 0 Å². The number of hydrogen-bond acceptors (Lipinski definition) is 5. The average Bonchev–Trinajstić information content (AvgIpc) is 3.79. The van der Waals surface area contributed by atoms with E-state index in [-0.39, 0.29) is 30.2 Å². The Hall–Kier alpha value is -3.85. The summed E-state index contributed by atoms with van der Waals surface area (Å²) in [4.78, 5) is 45.4. The summed E-state index contributed by atoms with van der Waals surface area (Å²) in [7, 11) is 1.75. The highest BCUT2D eigenvalue weighted by molar-refractivity contribution is 6.31. The third-order valence-corrected chi connectivity index (χ3v) is 8.94. The summed E-state index contributed by atoms with van der Waals surface area (Å²) in [6.07, 6.45) is 3.13. The van der Waals surface area contributed by atoms with Crippen LogP contribution in [0.15, 0.2) is 42.5 Å². The average molecular weight is 560 g/mol. The van der Waals surface area contributed by atoms with Crippen molar-refractivity contribution in [1.29, 1.82) is 0 Å². The van der Waals surface area contributed by atoms with Gasteiger partial charge in [0, 0.05) is 38.2 Å². The molecule has 1 aliphatic carbocycles. The third kappa shape index (κ3) is 4.15. The number of rotatable bonds is 4. The maximum Gasteiger partial charge on any atom is 0.275 e. The van der Waals surface area contributed by atoms with Gasteiger partial charge in [0.15, 0.2) is 5.69 Å². The quantitative estimate of drug-likeness (QED) is 0.489. The highest BCUT2D eigenvalue weighted by Crippen LogP contribution is 2.41. The topological polar surface area (TPSA) is 88.0 Å². The first kappa shape index (κ1) is 25.1. The Labute approximate surface area is 237 Å². The van der Waals surface area contributed by atoms with E-state index in [0.29, 0.717) is 55.6 Å². The molecular weight excluding hydrogens is 530 g/mol. The van der Waals surface area contributed by atoms with Gasteiger partial charge in [-0.2, -0.15) is 5.10 Å². The number of carbonyl (C=O) groups excluding carboxylic acids is 3. The summed E-state index contributed by atoms with van der Waals surface area (Å²) >= 11 is 6.65. The van der Waals surface area contributed by atoms with Gasteiger partial charge in [-0.1, -0.05) is 48.0 Å². The van der Waals surface area contributed by atoms with Crippen LogP contribution in [0.5, 0.6) is 5.75 Å². The van der Waals surface area contributed by atoms with Crippen molar-refractivity contribution >= 4 is 35.0 Å². The number of fused-ring (bicyclic) bond motifs is 4. The van der Waals surface area contributed by atoms with E-state index in [2.05, 4.69) is 5.10 Å². The molecule has 3 aliphatic heterocycles. The molecule has 10 heteroatoms. The first-order valence-electron chi connectivity index (χ1n) is 13.8. The molecule has 2 aromatic carbocycles. The van der Waals surface area contributed by atoms with Gasteiger partial charge in [0.1, 0.15) is 23.6 Å². The molecule has 0 spiro atoms. The Morgan fingerprint density at radius 1 is 1.05 bits per heavy atom. The zero-order valence-electron chi connectivity index (χ0n) is 22.3.